The third kappa shape index (κ3) is 9.10. The maximum Gasteiger partial charge on any atom is 0.262 e. The number of carbonyl (C=O) groups is 6. The minimum Gasteiger partial charge on any atom is -0.494 e. The Morgan fingerprint density at radius 1 is 0.915 bits per heavy atom. The van der Waals surface area contributed by atoms with E-state index in [-0.39, 0.29) is 53.2 Å². The molecule has 3 aliphatic rings. The van der Waals surface area contributed by atoms with Crippen molar-refractivity contribution < 1.29 is 33.5 Å². The van der Waals surface area contributed by atoms with E-state index in [4.69, 9.17) is 16.3 Å². The summed E-state index contributed by atoms with van der Waals surface area (Å²) in [4.78, 5) is 89.6. The second-order valence-corrected chi connectivity index (χ2v) is 14.6. The number of unbranched alkanes of at least 4 members (excludes halogenated alkanes) is 1. The van der Waals surface area contributed by atoms with Gasteiger partial charge in [0.15, 0.2) is 5.82 Å². The smallest absolute Gasteiger partial charge is 0.262 e. The summed E-state index contributed by atoms with van der Waals surface area (Å²) in [6.45, 7) is 4.16. The van der Waals surface area contributed by atoms with Gasteiger partial charge < -0.3 is 30.9 Å². The Kier molecular flexibility index (Phi) is 12.3. The summed E-state index contributed by atoms with van der Waals surface area (Å²) in [7, 11) is 3.16. The van der Waals surface area contributed by atoms with Gasteiger partial charge in [-0.3, -0.25) is 43.9 Å². The summed E-state index contributed by atoms with van der Waals surface area (Å²) in [6.07, 6.45) is 3.36. The number of imide groups is 2. The van der Waals surface area contributed by atoms with Crippen LogP contribution >= 0.6 is 11.6 Å². The van der Waals surface area contributed by atoms with Gasteiger partial charge in [0.1, 0.15) is 16.8 Å². The van der Waals surface area contributed by atoms with E-state index in [1.807, 2.05) is 18.2 Å². The first-order chi connectivity index (χ1) is 28.5. The number of carbonyl (C=O) groups excluding carboxylic acids is 6. The second kappa shape index (κ2) is 17.9. The molecule has 2 saturated heterocycles. The topological polar surface area (TPSA) is 207 Å². The molecule has 0 aliphatic carbocycles. The number of hydrogen-bond donors (Lipinski definition) is 5. The van der Waals surface area contributed by atoms with E-state index in [1.165, 1.54) is 18.3 Å². The molecule has 4 heterocycles. The Balaban J connectivity index is 0.861. The predicted molar refractivity (Wildman–Crippen MR) is 221 cm³/mol. The van der Waals surface area contributed by atoms with Crippen LogP contribution < -0.4 is 36.2 Å². The van der Waals surface area contributed by atoms with Crippen molar-refractivity contribution in [1.82, 2.24) is 30.4 Å². The first-order valence-electron chi connectivity index (χ1n) is 19.2. The Hall–Kier alpha value is -6.59. The number of para-hydroxylation sites is 1. The van der Waals surface area contributed by atoms with Crippen LogP contribution in [0.2, 0.25) is 5.02 Å². The molecule has 18 heteroatoms. The van der Waals surface area contributed by atoms with Crippen molar-refractivity contribution in [3.8, 4) is 5.75 Å². The molecule has 6 amide bonds. The molecule has 2 fully saturated rings. The Morgan fingerprint density at radius 3 is 2.46 bits per heavy atom. The zero-order valence-corrected chi connectivity index (χ0v) is 33.2. The molecule has 0 saturated carbocycles. The molecule has 5 N–H and O–H groups in total. The lowest BCUT2D eigenvalue weighted by atomic mass is 10.0. The number of aromatic nitrogens is 2. The van der Waals surface area contributed by atoms with E-state index in [1.54, 1.807) is 44.5 Å². The fourth-order valence-electron chi connectivity index (χ4n) is 7.29. The van der Waals surface area contributed by atoms with Crippen molar-refractivity contribution in [2.45, 2.75) is 38.1 Å². The van der Waals surface area contributed by atoms with Crippen LogP contribution in [0.5, 0.6) is 5.75 Å². The van der Waals surface area contributed by atoms with Crippen molar-refractivity contribution in [3.05, 3.63) is 88.6 Å². The number of piperidine rings is 1. The van der Waals surface area contributed by atoms with Crippen molar-refractivity contribution in [3.63, 3.8) is 0 Å². The molecule has 0 bridgehead atoms. The van der Waals surface area contributed by atoms with E-state index in [9.17, 15) is 28.8 Å². The quantitative estimate of drug-likeness (QED) is 0.0889. The fourth-order valence-corrected chi connectivity index (χ4v) is 7.43. The third-order valence-electron chi connectivity index (χ3n) is 10.4. The van der Waals surface area contributed by atoms with Gasteiger partial charge in [0, 0.05) is 63.5 Å². The van der Waals surface area contributed by atoms with Gasteiger partial charge in [-0.1, -0.05) is 23.7 Å². The first kappa shape index (κ1) is 40.6. The van der Waals surface area contributed by atoms with Crippen LogP contribution in [0.1, 0.15) is 63.2 Å². The molecule has 306 valence electrons. The predicted octanol–water partition coefficient (Wildman–Crippen LogP) is 4.32. The number of piperazine rings is 1. The van der Waals surface area contributed by atoms with Crippen LogP contribution in [0.15, 0.2) is 66.9 Å². The number of amides is 6. The van der Waals surface area contributed by atoms with Gasteiger partial charge >= 0.3 is 0 Å². The summed E-state index contributed by atoms with van der Waals surface area (Å²) in [6, 6.07) is 16.4. The zero-order valence-electron chi connectivity index (χ0n) is 32.5. The molecule has 1 aromatic heterocycles. The van der Waals surface area contributed by atoms with Crippen LogP contribution in [-0.4, -0.2) is 108 Å². The van der Waals surface area contributed by atoms with Gasteiger partial charge in [0.05, 0.1) is 41.4 Å². The van der Waals surface area contributed by atoms with Crippen molar-refractivity contribution >= 4 is 81.6 Å². The molecule has 4 aromatic rings. The summed E-state index contributed by atoms with van der Waals surface area (Å²) < 4.78 is 5.73. The van der Waals surface area contributed by atoms with E-state index in [0.29, 0.717) is 40.6 Å². The van der Waals surface area contributed by atoms with E-state index < -0.39 is 29.7 Å². The maximum absolute atomic E-state index is 13.1. The number of nitrogens with zero attached hydrogens (tertiary/aromatic N) is 5. The molecule has 3 aliphatic heterocycles. The highest BCUT2D eigenvalue weighted by Crippen LogP contribution is 2.34. The van der Waals surface area contributed by atoms with Crippen molar-refractivity contribution in [2.24, 2.45) is 0 Å². The molecular weight excluding hydrogens is 780 g/mol. The van der Waals surface area contributed by atoms with E-state index in [2.05, 4.69) is 46.4 Å². The van der Waals surface area contributed by atoms with Gasteiger partial charge in [-0.05, 0) is 68.3 Å². The van der Waals surface area contributed by atoms with Crippen molar-refractivity contribution in [1.29, 1.82) is 0 Å². The molecule has 17 nitrogen and oxygen atoms in total. The highest BCUT2D eigenvalue weighted by atomic mass is 35.5. The van der Waals surface area contributed by atoms with Crippen LogP contribution in [0, 0.1) is 0 Å². The Labute approximate surface area is 344 Å². The van der Waals surface area contributed by atoms with Crippen LogP contribution in [-0.2, 0) is 14.4 Å². The Morgan fingerprint density at radius 2 is 1.69 bits per heavy atom. The average Bonchev–Trinajstić information content (AvgIpc) is 3.48. The number of rotatable bonds is 14. The summed E-state index contributed by atoms with van der Waals surface area (Å²) in [5.74, 6) is -1.57. The maximum atomic E-state index is 13.1. The van der Waals surface area contributed by atoms with Gasteiger partial charge in [-0.2, -0.15) is 4.98 Å². The first-order valence-corrected chi connectivity index (χ1v) is 19.6. The lowest BCUT2D eigenvalue weighted by Crippen LogP contribution is -2.54. The molecule has 0 spiro atoms. The average molecular weight is 823 g/mol. The molecule has 59 heavy (non-hydrogen) atoms. The minimum absolute atomic E-state index is 0.0379. The van der Waals surface area contributed by atoms with Crippen molar-refractivity contribution in [2.75, 3.05) is 67.7 Å². The highest BCUT2D eigenvalue weighted by Gasteiger charge is 2.44. The van der Waals surface area contributed by atoms with Gasteiger partial charge in [0.2, 0.25) is 23.7 Å². The van der Waals surface area contributed by atoms with Gasteiger partial charge in [-0.15, -0.1) is 0 Å². The molecule has 1 atom stereocenters. The number of benzene rings is 3. The van der Waals surface area contributed by atoms with Crippen LogP contribution in [0.25, 0.3) is 0 Å². The molecule has 1 unspecified atom stereocenters. The Bertz CT molecular complexity index is 2320. The number of anilines is 6. The van der Waals surface area contributed by atoms with Crippen LogP contribution in [0.3, 0.4) is 0 Å². The summed E-state index contributed by atoms with van der Waals surface area (Å²) in [5.41, 5.74) is 3.31. The van der Waals surface area contributed by atoms with E-state index >= 15 is 0 Å². The number of fused-ring (bicyclic) bond motifs is 1. The number of ether oxygens (including phenoxy) is 1. The zero-order chi connectivity index (χ0) is 41.6. The molecule has 0 radical (unpaired) electrons. The number of hydrogen-bond acceptors (Lipinski definition) is 13. The lowest BCUT2D eigenvalue weighted by Gasteiger charge is -2.36. The normalized spacial score (nSPS) is 16.7. The highest BCUT2D eigenvalue weighted by molar-refractivity contribution is 6.33. The summed E-state index contributed by atoms with van der Waals surface area (Å²) in [5, 5.41) is 14.3. The number of methoxy groups -OCH3 is 1. The third-order valence-corrected chi connectivity index (χ3v) is 10.7. The second-order valence-electron chi connectivity index (χ2n) is 14.2. The van der Waals surface area contributed by atoms with Gasteiger partial charge in [0.25, 0.3) is 17.7 Å². The monoisotopic (exact) mass is 822 g/mol. The lowest BCUT2D eigenvalue weighted by molar-refractivity contribution is -0.136. The van der Waals surface area contributed by atoms with Gasteiger partial charge in [-0.25, -0.2) is 4.98 Å². The molecule has 3 aromatic carbocycles. The van der Waals surface area contributed by atoms with Crippen LogP contribution in [0.4, 0.5) is 34.5 Å². The SMILES string of the molecule is CNC(=O)c1ccccc1Nc1nc(Nc2ccc(N3CCN(CCCCC(=O)Nc4ccc5c(c4)C(=O)N(C4CCC(=O)NC4=O)C5=O)CC3)cc2OC)ncc1Cl. The number of nitrogens with one attached hydrogen (secondary N) is 5. The molecular formula is C41H43ClN10O7. The largest absolute Gasteiger partial charge is 0.494 e. The number of halogens is 1. The fraction of sp³-hybridized carbons (Fsp3) is 0.317. The minimum atomic E-state index is -1.05. The van der Waals surface area contributed by atoms with E-state index in [0.717, 1.165) is 49.7 Å². The summed E-state index contributed by atoms with van der Waals surface area (Å²) >= 11 is 6.42. The standard InChI is InChI=1S/C41H43ClN10O7/c1-43-37(55)27-7-3-4-8-30(27)46-36-29(42)23-44-41(49-36)47-31-13-11-25(22-33(31)59-2)51-19-17-50(18-20-51)16-6-5-9-34(53)45-24-10-12-26-28(21-24)40(58)52(39(26)57)32-14-15-35(54)48-38(32)56/h3-4,7-8,10-13,21-23,32H,5-6,9,14-20H2,1-2H3,(H,43,55)(H,45,53)(H,48,54,56)(H2,44,46,47,49). The molecule has 7 rings (SSSR count).